The summed E-state index contributed by atoms with van der Waals surface area (Å²) < 4.78 is 72.2. The predicted octanol–water partition coefficient (Wildman–Crippen LogP) is 2.92. The van der Waals surface area contributed by atoms with Gasteiger partial charge in [0, 0.05) is 39.3 Å². The molecule has 5 fully saturated rings. The Morgan fingerprint density at radius 1 is 1.16 bits per heavy atom. The second kappa shape index (κ2) is 6.88. The maximum absolute atomic E-state index is 13.1. The fraction of sp³-hybridized carbons (Fsp3) is 0.762. The van der Waals surface area contributed by atoms with Crippen LogP contribution in [0.1, 0.15) is 37.6 Å². The zero-order chi connectivity index (χ0) is 22.2. The van der Waals surface area contributed by atoms with E-state index in [0.29, 0.717) is 18.5 Å². The molecule has 1 aromatic heterocycles. The zero-order valence-electron chi connectivity index (χ0n) is 17.8. The number of hydrogen-bond acceptors (Lipinski definition) is 5. The highest BCUT2D eigenvalue weighted by Gasteiger charge is 2.57. The Kier molecular flexibility index (Phi) is 4.80. The monoisotopic (exact) mass is 459 g/mol. The van der Waals surface area contributed by atoms with Gasteiger partial charge in [0.25, 0.3) is 0 Å². The molecule has 1 aromatic rings. The Labute approximate surface area is 180 Å². The van der Waals surface area contributed by atoms with Gasteiger partial charge in [-0.25, -0.2) is 13.4 Å². The summed E-state index contributed by atoms with van der Waals surface area (Å²) in [5.74, 6) is 0.528. The first kappa shape index (κ1) is 21.6. The zero-order valence-corrected chi connectivity index (χ0v) is 18.6. The van der Waals surface area contributed by atoms with Crippen molar-refractivity contribution in [1.29, 1.82) is 0 Å². The minimum Gasteiger partial charge on any atom is -0.375 e. The molecule has 1 saturated carbocycles. The molecule has 4 saturated heterocycles. The minimum absolute atomic E-state index is 0.0479. The Hall–Kier alpha value is -1.23. The largest absolute Gasteiger partial charge is 0.433 e. The van der Waals surface area contributed by atoms with Gasteiger partial charge in [0.1, 0.15) is 10.6 Å². The summed E-state index contributed by atoms with van der Waals surface area (Å²) in [5.41, 5.74) is -0.787. The van der Waals surface area contributed by atoms with E-state index in [9.17, 15) is 21.6 Å². The molecule has 4 aliphatic heterocycles. The van der Waals surface area contributed by atoms with Crippen LogP contribution in [0.15, 0.2) is 17.0 Å². The number of aryl methyl sites for hydroxylation is 1. The summed E-state index contributed by atoms with van der Waals surface area (Å²) in [6.07, 6.45) is -1.29. The third-order valence-electron chi connectivity index (χ3n) is 7.61. The molecular formula is C21H28F3N3O3S. The van der Waals surface area contributed by atoms with Gasteiger partial charge in [-0.05, 0) is 62.5 Å². The topological polar surface area (TPSA) is 62.7 Å². The number of fused-ring (bicyclic) bond motifs is 3. The first-order valence-corrected chi connectivity index (χ1v) is 12.2. The average Bonchev–Trinajstić information content (AvgIpc) is 3.18. The molecule has 2 atom stereocenters. The maximum Gasteiger partial charge on any atom is 0.433 e. The number of nitrogens with zero attached hydrogens (tertiary/aromatic N) is 3. The van der Waals surface area contributed by atoms with Crippen LogP contribution in [0.5, 0.6) is 0 Å². The standard InChI is InChI=1S/C21H28F3N3O3S/c1-14-17(3-4-18(25-14)21(22,23)24)31(28,29)27-9-15-7-26(8-16(15)10-27)13-20-5-6-30-19(2,11-20)12-20/h3-4,15-16H,5-13H2,1-2H3/t15-,16-,19?,20?/m1/s1. The van der Waals surface area contributed by atoms with Crippen LogP contribution in [0, 0.1) is 24.2 Å². The first-order valence-electron chi connectivity index (χ1n) is 10.8. The van der Waals surface area contributed by atoms with Crippen LogP contribution in [0.2, 0.25) is 0 Å². The number of pyridine rings is 1. The van der Waals surface area contributed by atoms with E-state index in [1.165, 1.54) is 11.2 Å². The summed E-state index contributed by atoms with van der Waals surface area (Å²) in [7, 11) is -3.86. The van der Waals surface area contributed by atoms with E-state index in [1.54, 1.807) is 0 Å². The number of likely N-dealkylation sites (tertiary alicyclic amines) is 1. The highest BCUT2D eigenvalue weighted by molar-refractivity contribution is 7.89. The molecule has 5 aliphatic rings. The van der Waals surface area contributed by atoms with Gasteiger partial charge in [-0.1, -0.05) is 0 Å². The third kappa shape index (κ3) is 3.69. The Morgan fingerprint density at radius 3 is 2.35 bits per heavy atom. The lowest BCUT2D eigenvalue weighted by Gasteiger charge is -2.60. The summed E-state index contributed by atoms with van der Waals surface area (Å²) in [4.78, 5) is 5.85. The number of hydrogen-bond donors (Lipinski definition) is 0. The molecule has 31 heavy (non-hydrogen) atoms. The van der Waals surface area contributed by atoms with Crippen molar-refractivity contribution in [2.24, 2.45) is 17.3 Å². The van der Waals surface area contributed by atoms with Crippen molar-refractivity contribution in [2.45, 2.75) is 49.8 Å². The van der Waals surface area contributed by atoms with Crippen LogP contribution in [0.25, 0.3) is 0 Å². The second-order valence-corrected chi connectivity index (χ2v) is 12.1. The summed E-state index contributed by atoms with van der Waals surface area (Å²) in [6, 6.07) is 1.79. The molecule has 10 heteroatoms. The number of aromatic nitrogens is 1. The van der Waals surface area contributed by atoms with E-state index in [4.69, 9.17) is 4.74 Å². The summed E-state index contributed by atoms with van der Waals surface area (Å²) in [5, 5.41) is 0. The van der Waals surface area contributed by atoms with E-state index in [2.05, 4.69) is 16.8 Å². The van der Waals surface area contributed by atoms with Crippen molar-refractivity contribution in [3.05, 3.63) is 23.5 Å². The van der Waals surface area contributed by atoms with Crippen LogP contribution in [-0.2, 0) is 20.9 Å². The van der Waals surface area contributed by atoms with E-state index in [1.807, 2.05) is 0 Å². The van der Waals surface area contributed by atoms with Crippen molar-refractivity contribution in [1.82, 2.24) is 14.2 Å². The smallest absolute Gasteiger partial charge is 0.375 e. The molecule has 0 unspecified atom stereocenters. The lowest BCUT2D eigenvalue weighted by Crippen LogP contribution is -2.60. The fourth-order valence-electron chi connectivity index (χ4n) is 6.48. The van der Waals surface area contributed by atoms with Crippen LogP contribution >= 0.6 is 0 Å². The van der Waals surface area contributed by atoms with Gasteiger partial charge in [0.2, 0.25) is 10.0 Å². The van der Waals surface area contributed by atoms with Crippen LogP contribution in [-0.4, -0.2) is 67.5 Å². The molecule has 6 rings (SSSR count). The van der Waals surface area contributed by atoms with E-state index >= 15 is 0 Å². The number of rotatable bonds is 4. The van der Waals surface area contributed by atoms with Gasteiger partial charge in [-0.3, -0.25) is 0 Å². The van der Waals surface area contributed by atoms with Gasteiger partial charge >= 0.3 is 6.18 Å². The summed E-state index contributed by atoms with van der Waals surface area (Å²) in [6.45, 7) is 7.96. The maximum atomic E-state index is 13.1. The average molecular weight is 460 g/mol. The van der Waals surface area contributed by atoms with Gasteiger partial charge in [0.15, 0.2) is 0 Å². The molecular weight excluding hydrogens is 431 g/mol. The van der Waals surface area contributed by atoms with Crippen molar-refractivity contribution in [2.75, 3.05) is 39.3 Å². The molecule has 1 aliphatic carbocycles. The van der Waals surface area contributed by atoms with Crippen LogP contribution in [0.4, 0.5) is 13.2 Å². The number of sulfonamides is 1. The molecule has 2 bridgehead atoms. The van der Waals surface area contributed by atoms with Crippen molar-refractivity contribution in [3.63, 3.8) is 0 Å². The number of alkyl halides is 3. The van der Waals surface area contributed by atoms with Crippen LogP contribution in [0.3, 0.4) is 0 Å². The van der Waals surface area contributed by atoms with Gasteiger partial charge in [0.05, 0.1) is 11.3 Å². The molecule has 0 amide bonds. The Balaban J connectivity index is 1.24. The lowest BCUT2D eigenvalue weighted by molar-refractivity contribution is -0.219. The molecule has 0 radical (unpaired) electrons. The first-order chi connectivity index (χ1) is 14.4. The van der Waals surface area contributed by atoms with E-state index in [0.717, 1.165) is 57.6 Å². The van der Waals surface area contributed by atoms with Crippen molar-refractivity contribution < 1.29 is 26.3 Å². The van der Waals surface area contributed by atoms with Gasteiger partial charge in [-0.2, -0.15) is 17.5 Å². The normalized spacial score (nSPS) is 36.4. The quantitative estimate of drug-likeness (QED) is 0.693. The molecule has 172 valence electrons. The SMILES string of the molecule is Cc1nc(C(F)(F)F)ccc1S(=O)(=O)N1C[C@H]2CN(CC34CCOC(C)(C3)C4)C[C@@H]2C1. The summed E-state index contributed by atoms with van der Waals surface area (Å²) >= 11 is 0. The molecule has 6 nitrogen and oxygen atoms in total. The predicted molar refractivity (Wildman–Crippen MR) is 107 cm³/mol. The lowest BCUT2D eigenvalue weighted by atomic mass is 9.56. The molecule has 5 heterocycles. The van der Waals surface area contributed by atoms with Gasteiger partial charge in [-0.15, -0.1) is 0 Å². The molecule has 0 spiro atoms. The molecule has 0 aromatic carbocycles. The Morgan fingerprint density at radius 2 is 1.81 bits per heavy atom. The number of halogens is 3. The van der Waals surface area contributed by atoms with Crippen molar-refractivity contribution in [3.8, 4) is 0 Å². The molecule has 0 N–H and O–H groups in total. The van der Waals surface area contributed by atoms with Gasteiger partial charge < -0.3 is 9.64 Å². The van der Waals surface area contributed by atoms with Crippen LogP contribution < -0.4 is 0 Å². The Bertz CT molecular complexity index is 977. The minimum atomic E-state index is -4.59. The van der Waals surface area contributed by atoms with Crippen molar-refractivity contribution >= 4 is 10.0 Å². The highest BCUT2D eigenvalue weighted by atomic mass is 32.2. The van der Waals surface area contributed by atoms with E-state index in [-0.39, 0.29) is 28.0 Å². The van der Waals surface area contributed by atoms with E-state index < -0.39 is 21.9 Å². The third-order valence-corrected chi connectivity index (χ3v) is 9.58. The second-order valence-electron chi connectivity index (χ2n) is 10.2. The fourth-order valence-corrected chi connectivity index (χ4v) is 8.20. The highest BCUT2D eigenvalue weighted by Crippen LogP contribution is 2.57. The number of ether oxygens (including phenoxy) is 1.